The predicted molar refractivity (Wildman–Crippen MR) is 80.1 cm³/mol. The highest BCUT2D eigenvalue weighted by atomic mass is 16.3. The Morgan fingerprint density at radius 1 is 1.20 bits per heavy atom. The van der Waals surface area contributed by atoms with E-state index in [9.17, 15) is 0 Å². The molecule has 0 aliphatic heterocycles. The minimum atomic E-state index is 0.176. The van der Waals surface area contributed by atoms with Gasteiger partial charge in [0.15, 0.2) is 0 Å². The van der Waals surface area contributed by atoms with Crippen molar-refractivity contribution in [3.63, 3.8) is 0 Å². The molecule has 1 heterocycles. The number of hydrogen-bond acceptors (Lipinski definition) is 3. The summed E-state index contributed by atoms with van der Waals surface area (Å²) < 4.78 is 5.37. The van der Waals surface area contributed by atoms with E-state index in [1.54, 1.807) is 6.26 Å². The van der Waals surface area contributed by atoms with E-state index < -0.39 is 0 Å². The molecule has 3 heteroatoms. The third-order valence-electron chi connectivity index (χ3n) is 4.38. The summed E-state index contributed by atoms with van der Waals surface area (Å²) in [6.07, 6.45) is 7.61. The molecule has 20 heavy (non-hydrogen) atoms. The Hall–Kier alpha value is -1.58. The van der Waals surface area contributed by atoms with Crippen LogP contribution in [0.15, 0.2) is 47.1 Å². The average Bonchev–Trinajstić information content (AvgIpc) is 2.92. The monoisotopic (exact) mass is 270 g/mol. The predicted octanol–water partition coefficient (Wildman–Crippen LogP) is 3.68. The highest BCUT2D eigenvalue weighted by Gasteiger charge is 2.19. The maximum atomic E-state index is 5.70. The summed E-state index contributed by atoms with van der Waals surface area (Å²) >= 11 is 0. The van der Waals surface area contributed by atoms with Gasteiger partial charge in [0, 0.05) is 12.5 Å². The Labute approximate surface area is 120 Å². The van der Waals surface area contributed by atoms with Gasteiger partial charge in [0.1, 0.15) is 5.76 Å². The van der Waals surface area contributed by atoms with Gasteiger partial charge in [-0.1, -0.05) is 30.7 Å². The van der Waals surface area contributed by atoms with Crippen molar-refractivity contribution in [2.24, 2.45) is 5.84 Å². The second-order valence-electron chi connectivity index (χ2n) is 5.63. The number of hydrazine groups is 1. The summed E-state index contributed by atoms with van der Waals surface area (Å²) in [5.41, 5.74) is 5.64. The van der Waals surface area contributed by atoms with Crippen LogP contribution >= 0.6 is 0 Å². The Kier molecular flexibility index (Phi) is 4.19. The summed E-state index contributed by atoms with van der Waals surface area (Å²) in [6, 6.07) is 13.0. The first-order chi connectivity index (χ1) is 9.86. The average molecular weight is 270 g/mol. The number of aryl methyl sites for hydroxylation is 1. The molecule has 1 aliphatic carbocycles. The molecule has 0 saturated heterocycles. The van der Waals surface area contributed by atoms with Crippen molar-refractivity contribution in [2.75, 3.05) is 0 Å². The quantitative estimate of drug-likeness (QED) is 0.622. The van der Waals surface area contributed by atoms with Gasteiger partial charge in [-0.05, 0) is 48.4 Å². The number of nitrogens with one attached hydrogen (secondary N) is 1. The Balaban J connectivity index is 1.62. The summed E-state index contributed by atoms with van der Waals surface area (Å²) in [6.45, 7) is 0. The Morgan fingerprint density at radius 3 is 2.55 bits per heavy atom. The minimum Gasteiger partial charge on any atom is -0.469 e. The van der Waals surface area contributed by atoms with Gasteiger partial charge in [-0.25, -0.2) is 0 Å². The number of nitrogens with two attached hydrogens (primary N) is 1. The summed E-state index contributed by atoms with van der Waals surface area (Å²) in [5, 5.41) is 0. The highest BCUT2D eigenvalue weighted by Crippen LogP contribution is 2.36. The second kappa shape index (κ2) is 6.25. The van der Waals surface area contributed by atoms with Crippen LogP contribution in [0.25, 0.3) is 0 Å². The molecule has 3 nitrogen and oxygen atoms in total. The SMILES string of the molecule is NNC(CCc1ccco1)c1ccc(C2CCC2)cc1. The lowest BCUT2D eigenvalue weighted by Crippen LogP contribution is -2.28. The molecule has 1 atom stereocenters. The third kappa shape index (κ3) is 2.94. The summed E-state index contributed by atoms with van der Waals surface area (Å²) in [5.74, 6) is 7.50. The molecule has 0 amide bonds. The lowest BCUT2D eigenvalue weighted by Gasteiger charge is -2.26. The molecule has 2 aromatic rings. The normalized spacial score (nSPS) is 16.9. The molecule has 3 N–H and O–H groups in total. The summed E-state index contributed by atoms with van der Waals surface area (Å²) in [4.78, 5) is 0. The van der Waals surface area contributed by atoms with E-state index in [2.05, 4.69) is 29.7 Å². The molecular formula is C17H22N2O. The van der Waals surface area contributed by atoms with Crippen LogP contribution in [0.3, 0.4) is 0 Å². The van der Waals surface area contributed by atoms with Crippen molar-refractivity contribution < 1.29 is 4.42 Å². The fraction of sp³-hybridized carbons (Fsp3) is 0.412. The molecular weight excluding hydrogens is 248 g/mol. The zero-order valence-electron chi connectivity index (χ0n) is 11.7. The maximum absolute atomic E-state index is 5.70. The topological polar surface area (TPSA) is 51.2 Å². The van der Waals surface area contributed by atoms with Gasteiger partial charge in [0.2, 0.25) is 0 Å². The van der Waals surface area contributed by atoms with Gasteiger partial charge in [0.25, 0.3) is 0 Å². The van der Waals surface area contributed by atoms with E-state index in [0.717, 1.165) is 24.5 Å². The lowest BCUT2D eigenvalue weighted by atomic mass is 9.80. The zero-order valence-corrected chi connectivity index (χ0v) is 11.7. The van der Waals surface area contributed by atoms with Crippen LogP contribution < -0.4 is 11.3 Å². The van der Waals surface area contributed by atoms with E-state index in [0.29, 0.717) is 0 Å². The van der Waals surface area contributed by atoms with Crippen LogP contribution in [-0.2, 0) is 6.42 Å². The van der Waals surface area contributed by atoms with Crippen LogP contribution in [0, 0.1) is 0 Å². The fourth-order valence-corrected chi connectivity index (χ4v) is 2.83. The summed E-state index contributed by atoms with van der Waals surface area (Å²) in [7, 11) is 0. The zero-order chi connectivity index (χ0) is 13.8. The Morgan fingerprint density at radius 2 is 2.00 bits per heavy atom. The molecule has 1 fully saturated rings. The number of hydrogen-bond donors (Lipinski definition) is 2. The largest absolute Gasteiger partial charge is 0.469 e. The maximum Gasteiger partial charge on any atom is 0.103 e. The smallest absolute Gasteiger partial charge is 0.103 e. The van der Waals surface area contributed by atoms with Crippen molar-refractivity contribution in [3.8, 4) is 0 Å². The molecule has 0 bridgehead atoms. The van der Waals surface area contributed by atoms with Crippen molar-refractivity contribution in [2.45, 2.75) is 44.1 Å². The number of rotatable bonds is 6. The van der Waals surface area contributed by atoms with Crippen molar-refractivity contribution in [1.82, 2.24) is 5.43 Å². The Bertz CT molecular complexity index is 514. The molecule has 1 aromatic heterocycles. The van der Waals surface area contributed by atoms with E-state index in [4.69, 9.17) is 10.3 Å². The van der Waals surface area contributed by atoms with E-state index in [1.165, 1.54) is 30.4 Å². The van der Waals surface area contributed by atoms with Crippen LogP contribution in [-0.4, -0.2) is 0 Å². The number of benzene rings is 1. The molecule has 1 aromatic carbocycles. The van der Waals surface area contributed by atoms with E-state index in [1.807, 2.05) is 12.1 Å². The van der Waals surface area contributed by atoms with Gasteiger partial charge in [-0.15, -0.1) is 0 Å². The van der Waals surface area contributed by atoms with Crippen LogP contribution in [0.2, 0.25) is 0 Å². The van der Waals surface area contributed by atoms with Gasteiger partial charge in [0.05, 0.1) is 6.26 Å². The first-order valence-electron chi connectivity index (χ1n) is 7.45. The third-order valence-corrected chi connectivity index (χ3v) is 4.38. The van der Waals surface area contributed by atoms with Crippen molar-refractivity contribution >= 4 is 0 Å². The fourth-order valence-electron chi connectivity index (χ4n) is 2.83. The first kappa shape index (κ1) is 13.4. The van der Waals surface area contributed by atoms with Crippen molar-refractivity contribution in [1.29, 1.82) is 0 Å². The second-order valence-corrected chi connectivity index (χ2v) is 5.63. The molecule has 0 radical (unpaired) electrons. The van der Waals surface area contributed by atoms with Gasteiger partial charge in [-0.2, -0.15) is 0 Å². The highest BCUT2D eigenvalue weighted by molar-refractivity contribution is 5.28. The van der Waals surface area contributed by atoms with Gasteiger partial charge in [-0.3, -0.25) is 11.3 Å². The van der Waals surface area contributed by atoms with Crippen LogP contribution in [0.1, 0.15) is 54.5 Å². The standard InChI is InChI=1S/C17H22N2O/c18-19-17(11-10-16-5-2-12-20-16)15-8-6-14(7-9-15)13-3-1-4-13/h2,5-9,12-13,17,19H,1,3-4,10-11,18H2. The minimum absolute atomic E-state index is 0.176. The van der Waals surface area contributed by atoms with E-state index >= 15 is 0 Å². The molecule has 1 aliphatic rings. The van der Waals surface area contributed by atoms with Crippen molar-refractivity contribution in [3.05, 3.63) is 59.5 Å². The molecule has 0 spiro atoms. The number of furan rings is 1. The lowest BCUT2D eigenvalue weighted by molar-refractivity contribution is 0.419. The molecule has 3 rings (SSSR count). The molecule has 1 saturated carbocycles. The van der Waals surface area contributed by atoms with Crippen LogP contribution in [0.4, 0.5) is 0 Å². The van der Waals surface area contributed by atoms with Gasteiger partial charge < -0.3 is 4.42 Å². The van der Waals surface area contributed by atoms with E-state index in [-0.39, 0.29) is 6.04 Å². The first-order valence-corrected chi connectivity index (χ1v) is 7.45. The molecule has 1 unspecified atom stereocenters. The van der Waals surface area contributed by atoms with Gasteiger partial charge >= 0.3 is 0 Å². The molecule has 106 valence electrons. The van der Waals surface area contributed by atoms with Crippen LogP contribution in [0.5, 0.6) is 0 Å².